The van der Waals surface area contributed by atoms with Gasteiger partial charge in [0.05, 0.1) is 11.7 Å². The Morgan fingerprint density at radius 1 is 1.10 bits per heavy atom. The Bertz CT molecular complexity index is 1120. The maximum absolute atomic E-state index is 12.8. The number of sulfonamides is 1. The fourth-order valence-corrected chi connectivity index (χ4v) is 5.72. The number of nitrogens with zero attached hydrogens (tertiary/aromatic N) is 1. The van der Waals surface area contributed by atoms with Crippen LogP contribution in [0.5, 0.6) is 0 Å². The van der Waals surface area contributed by atoms with Gasteiger partial charge in [0.25, 0.3) is 15.9 Å². The molecule has 30 heavy (non-hydrogen) atoms. The zero-order chi connectivity index (χ0) is 21.9. The van der Waals surface area contributed by atoms with Crippen LogP contribution in [0.2, 0.25) is 0 Å². The number of carbonyl (C=O) groups excluding carboxylic acids is 1. The molecule has 0 bridgehead atoms. The van der Waals surface area contributed by atoms with E-state index in [1.165, 1.54) is 28.3 Å². The van der Waals surface area contributed by atoms with Crippen molar-refractivity contribution in [2.24, 2.45) is 0 Å². The minimum Gasteiger partial charge on any atom is -0.345 e. The average molecular weight is 443 g/mol. The molecule has 0 aliphatic rings. The second kappa shape index (κ2) is 9.02. The van der Waals surface area contributed by atoms with Gasteiger partial charge in [-0.15, -0.1) is 11.3 Å². The summed E-state index contributed by atoms with van der Waals surface area (Å²) in [5.41, 5.74) is 4.44. The molecule has 0 spiro atoms. The van der Waals surface area contributed by atoms with E-state index in [2.05, 4.69) is 30.4 Å². The summed E-state index contributed by atoms with van der Waals surface area (Å²) < 4.78 is 26.8. The summed E-state index contributed by atoms with van der Waals surface area (Å²) >= 11 is 1.18. The van der Waals surface area contributed by atoms with Crippen molar-refractivity contribution in [2.75, 3.05) is 11.4 Å². The standard InChI is InChI=1S/C23H26N2O3S2/c1-5-21(20-13-8-16(2)15-17(20)3)24-23(26)18-9-11-19(12-10-18)25(4)30(27,28)22-7-6-14-29-22/h6-15,21H,5H2,1-4H3,(H,24,26)/t21-/m0/s1. The summed E-state index contributed by atoms with van der Waals surface area (Å²) in [5.74, 6) is -0.183. The molecule has 0 saturated heterocycles. The van der Waals surface area contributed by atoms with Gasteiger partial charge in [-0.05, 0) is 67.1 Å². The zero-order valence-corrected chi connectivity index (χ0v) is 19.2. The molecular formula is C23H26N2O3S2. The largest absolute Gasteiger partial charge is 0.345 e. The maximum atomic E-state index is 12.8. The van der Waals surface area contributed by atoms with Crippen LogP contribution in [-0.4, -0.2) is 21.4 Å². The van der Waals surface area contributed by atoms with Crippen LogP contribution in [0.3, 0.4) is 0 Å². The van der Waals surface area contributed by atoms with Crippen molar-refractivity contribution < 1.29 is 13.2 Å². The maximum Gasteiger partial charge on any atom is 0.273 e. The Hall–Kier alpha value is -2.64. The van der Waals surface area contributed by atoms with Crippen molar-refractivity contribution in [3.05, 3.63) is 82.2 Å². The number of thiophene rings is 1. The molecule has 1 aromatic heterocycles. The van der Waals surface area contributed by atoms with E-state index < -0.39 is 10.0 Å². The van der Waals surface area contributed by atoms with Crippen LogP contribution in [0.15, 0.2) is 64.2 Å². The van der Waals surface area contributed by atoms with Crippen molar-refractivity contribution in [3.63, 3.8) is 0 Å². The Morgan fingerprint density at radius 2 is 1.80 bits per heavy atom. The first-order chi connectivity index (χ1) is 14.2. The number of hydrogen-bond acceptors (Lipinski definition) is 4. The summed E-state index contributed by atoms with van der Waals surface area (Å²) in [5, 5.41) is 4.82. The minimum absolute atomic E-state index is 0.0837. The molecule has 1 amide bonds. The number of carbonyl (C=O) groups is 1. The summed E-state index contributed by atoms with van der Waals surface area (Å²) in [6.45, 7) is 6.14. The lowest BCUT2D eigenvalue weighted by Crippen LogP contribution is -2.29. The van der Waals surface area contributed by atoms with Gasteiger partial charge in [0.2, 0.25) is 0 Å². The van der Waals surface area contributed by atoms with Gasteiger partial charge in [-0.1, -0.05) is 36.8 Å². The Morgan fingerprint density at radius 3 is 2.37 bits per heavy atom. The summed E-state index contributed by atoms with van der Waals surface area (Å²) in [6.07, 6.45) is 0.773. The van der Waals surface area contributed by atoms with Crippen molar-refractivity contribution in [3.8, 4) is 0 Å². The van der Waals surface area contributed by atoms with Gasteiger partial charge in [0, 0.05) is 12.6 Å². The predicted molar refractivity (Wildman–Crippen MR) is 123 cm³/mol. The first kappa shape index (κ1) is 22.1. The van der Waals surface area contributed by atoms with Crippen LogP contribution in [-0.2, 0) is 10.0 Å². The van der Waals surface area contributed by atoms with Crippen LogP contribution in [0.4, 0.5) is 5.69 Å². The molecule has 3 aromatic rings. The number of hydrogen-bond donors (Lipinski definition) is 1. The first-order valence-electron chi connectivity index (χ1n) is 9.74. The van der Waals surface area contributed by atoms with Crippen LogP contribution in [0.1, 0.15) is 46.4 Å². The van der Waals surface area contributed by atoms with Crippen molar-refractivity contribution in [1.82, 2.24) is 5.32 Å². The summed E-state index contributed by atoms with van der Waals surface area (Å²) in [4.78, 5) is 12.8. The number of anilines is 1. The van der Waals surface area contributed by atoms with Crippen molar-refractivity contribution >= 4 is 33.0 Å². The molecule has 1 atom stereocenters. The second-order valence-corrected chi connectivity index (χ2v) is 10.4. The highest BCUT2D eigenvalue weighted by Gasteiger charge is 2.22. The average Bonchev–Trinajstić information content (AvgIpc) is 3.27. The van der Waals surface area contributed by atoms with Crippen LogP contribution >= 0.6 is 11.3 Å². The van der Waals surface area contributed by atoms with Crippen molar-refractivity contribution in [1.29, 1.82) is 0 Å². The Kier molecular flexibility index (Phi) is 6.63. The monoisotopic (exact) mass is 442 g/mol. The van der Waals surface area contributed by atoms with E-state index in [4.69, 9.17) is 0 Å². The highest BCUT2D eigenvalue weighted by atomic mass is 32.2. The topological polar surface area (TPSA) is 66.5 Å². The van der Waals surface area contributed by atoms with E-state index >= 15 is 0 Å². The highest BCUT2D eigenvalue weighted by Crippen LogP contribution is 2.26. The molecule has 3 rings (SSSR count). The molecule has 5 nitrogen and oxygen atoms in total. The third-order valence-electron chi connectivity index (χ3n) is 5.12. The van der Waals surface area contributed by atoms with Gasteiger partial charge in [-0.3, -0.25) is 9.10 Å². The van der Waals surface area contributed by atoms with E-state index in [1.807, 2.05) is 13.8 Å². The number of nitrogens with one attached hydrogen (secondary N) is 1. The SMILES string of the molecule is CC[C@H](NC(=O)c1ccc(N(C)S(=O)(=O)c2cccs2)cc1)c1ccc(C)cc1C. The van der Waals surface area contributed by atoms with Gasteiger partial charge in [0.15, 0.2) is 0 Å². The van der Waals surface area contributed by atoms with Gasteiger partial charge in [-0.2, -0.15) is 0 Å². The van der Waals surface area contributed by atoms with Crippen LogP contribution < -0.4 is 9.62 Å². The highest BCUT2D eigenvalue weighted by molar-refractivity contribution is 7.94. The van der Waals surface area contributed by atoms with E-state index in [9.17, 15) is 13.2 Å². The van der Waals surface area contributed by atoms with Gasteiger partial charge in [-0.25, -0.2) is 8.42 Å². The molecular weight excluding hydrogens is 416 g/mol. The third kappa shape index (κ3) is 4.57. The Balaban J connectivity index is 1.76. The van der Waals surface area contributed by atoms with Gasteiger partial charge < -0.3 is 5.32 Å². The lowest BCUT2D eigenvalue weighted by atomic mass is 9.97. The quantitative estimate of drug-likeness (QED) is 0.555. The van der Waals surface area contributed by atoms with Crippen LogP contribution in [0, 0.1) is 13.8 Å². The van der Waals surface area contributed by atoms with E-state index in [1.54, 1.807) is 41.8 Å². The van der Waals surface area contributed by atoms with E-state index in [0.29, 0.717) is 11.3 Å². The summed E-state index contributed by atoms with van der Waals surface area (Å²) in [7, 11) is -2.09. The number of benzene rings is 2. The number of aryl methyl sites for hydroxylation is 2. The fraction of sp³-hybridized carbons (Fsp3) is 0.261. The van der Waals surface area contributed by atoms with Crippen molar-refractivity contribution in [2.45, 2.75) is 37.4 Å². The van der Waals surface area contributed by atoms with E-state index in [-0.39, 0.29) is 16.2 Å². The minimum atomic E-state index is -3.60. The molecule has 0 saturated carbocycles. The lowest BCUT2D eigenvalue weighted by Gasteiger charge is -2.21. The van der Waals surface area contributed by atoms with Gasteiger partial charge in [0.1, 0.15) is 4.21 Å². The van der Waals surface area contributed by atoms with Crippen LogP contribution in [0.25, 0.3) is 0 Å². The number of rotatable bonds is 7. The molecule has 7 heteroatoms. The molecule has 0 radical (unpaired) electrons. The molecule has 158 valence electrons. The second-order valence-electron chi connectivity index (χ2n) is 7.25. The molecule has 1 N–H and O–H groups in total. The Labute approximate surface area is 182 Å². The normalized spacial score (nSPS) is 12.4. The molecule has 0 fully saturated rings. The van der Waals surface area contributed by atoms with Gasteiger partial charge >= 0.3 is 0 Å². The predicted octanol–water partition coefficient (Wildman–Crippen LogP) is 5.07. The molecule has 0 aliphatic heterocycles. The molecule has 0 aliphatic carbocycles. The molecule has 0 unspecified atom stereocenters. The first-order valence-corrected chi connectivity index (χ1v) is 12.1. The third-order valence-corrected chi connectivity index (χ3v) is 8.28. The summed E-state index contributed by atoms with van der Waals surface area (Å²) in [6, 6.07) is 16.0. The number of amides is 1. The smallest absolute Gasteiger partial charge is 0.273 e. The van der Waals surface area contributed by atoms with E-state index in [0.717, 1.165) is 17.5 Å². The fourth-order valence-electron chi connectivity index (χ4n) is 3.36. The lowest BCUT2D eigenvalue weighted by molar-refractivity contribution is 0.0935. The molecule has 2 aromatic carbocycles. The zero-order valence-electron chi connectivity index (χ0n) is 17.5. The molecule has 1 heterocycles.